The van der Waals surface area contributed by atoms with Gasteiger partial charge in [-0.2, -0.15) is 0 Å². The first-order chi connectivity index (χ1) is 21.2. The van der Waals surface area contributed by atoms with Crippen LogP contribution in [0, 0.1) is 0 Å². The fraction of sp³-hybridized carbons (Fsp3) is 0.459. The van der Waals surface area contributed by atoms with E-state index < -0.39 is 0 Å². The average molecular weight is 578 g/mol. The maximum absolute atomic E-state index is 14.4. The molecule has 0 bridgehead atoms. The molecule has 2 fully saturated rings. The fourth-order valence-corrected chi connectivity index (χ4v) is 6.81. The molecule has 3 heterocycles. The number of unbranched alkanes of at least 4 members (excludes halogenated alkanes) is 1. The molecule has 4 aromatic rings. The minimum Gasteiger partial charge on any atom is -0.340 e. The smallest absolute Gasteiger partial charge is 0.254 e. The largest absolute Gasteiger partial charge is 0.340 e. The van der Waals surface area contributed by atoms with Crippen molar-refractivity contribution in [2.45, 2.75) is 77.4 Å². The minimum atomic E-state index is -0.196. The number of para-hydroxylation sites is 2. The maximum Gasteiger partial charge on any atom is 0.254 e. The first kappa shape index (κ1) is 29.6. The van der Waals surface area contributed by atoms with E-state index in [1.807, 2.05) is 30.3 Å². The second-order valence-electron chi connectivity index (χ2n) is 12.5. The van der Waals surface area contributed by atoms with E-state index in [4.69, 9.17) is 4.98 Å². The Balaban J connectivity index is 1.32. The van der Waals surface area contributed by atoms with Gasteiger partial charge in [0.2, 0.25) is 0 Å². The van der Waals surface area contributed by atoms with Crippen LogP contribution in [0.25, 0.3) is 11.0 Å². The number of benzene rings is 3. The zero-order chi connectivity index (χ0) is 29.4. The van der Waals surface area contributed by atoms with Crippen LogP contribution in [0.5, 0.6) is 0 Å². The molecule has 6 rings (SSSR count). The molecule has 0 aliphatic carbocycles. The number of nitrogens with zero attached hydrogens (tertiary/aromatic N) is 4. The zero-order valence-electron chi connectivity index (χ0n) is 25.8. The highest BCUT2D eigenvalue weighted by atomic mass is 16.2. The van der Waals surface area contributed by atoms with Crippen LogP contribution < -0.4 is 0 Å². The van der Waals surface area contributed by atoms with Gasteiger partial charge in [0.05, 0.1) is 17.1 Å². The number of amides is 1. The van der Waals surface area contributed by atoms with Crippen molar-refractivity contribution in [3.05, 3.63) is 101 Å². The van der Waals surface area contributed by atoms with Gasteiger partial charge in [-0.25, -0.2) is 4.98 Å². The topological polar surface area (TPSA) is 55.5 Å². The van der Waals surface area contributed by atoms with E-state index in [-0.39, 0.29) is 11.9 Å². The number of imidazole rings is 1. The van der Waals surface area contributed by atoms with Gasteiger partial charge < -0.3 is 9.88 Å². The molecule has 1 N–H and O–H groups in total. The van der Waals surface area contributed by atoms with Gasteiger partial charge in [0.25, 0.3) is 5.91 Å². The molecule has 2 aliphatic rings. The molecule has 0 saturated carbocycles. The zero-order valence-corrected chi connectivity index (χ0v) is 25.8. The van der Waals surface area contributed by atoms with Crippen LogP contribution in [0.3, 0.4) is 0 Å². The highest BCUT2D eigenvalue weighted by molar-refractivity contribution is 5.94. The maximum atomic E-state index is 14.4. The Morgan fingerprint density at radius 1 is 0.814 bits per heavy atom. The van der Waals surface area contributed by atoms with E-state index in [0.717, 1.165) is 67.9 Å². The van der Waals surface area contributed by atoms with E-state index in [1.165, 1.54) is 61.9 Å². The number of H-pyrrole nitrogens is 1. The van der Waals surface area contributed by atoms with Crippen molar-refractivity contribution < 1.29 is 4.79 Å². The van der Waals surface area contributed by atoms with Gasteiger partial charge in [-0.1, -0.05) is 68.3 Å². The van der Waals surface area contributed by atoms with Crippen molar-refractivity contribution in [1.29, 1.82) is 0 Å². The molecule has 1 atom stereocenters. The molecule has 1 unspecified atom stereocenters. The summed E-state index contributed by atoms with van der Waals surface area (Å²) in [5.41, 5.74) is 6.65. The van der Waals surface area contributed by atoms with E-state index in [0.29, 0.717) is 6.54 Å². The number of carbonyl (C=O) groups is 1. The predicted octanol–water partition coefficient (Wildman–Crippen LogP) is 7.37. The first-order valence-corrected chi connectivity index (χ1v) is 16.5. The fourth-order valence-electron chi connectivity index (χ4n) is 6.81. The van der Waals surface area contributed by atoms with Crippen molar-refractivity contribution >= 4 is 16.9 Å². The number of carbonyl (C=O) groups excluding carboxylic acids is 1. The Bertz CT molecular complexity index is 1430. The lowest BCUT2D eigenvalue weighted by Crippen LogP contribution is -2.38. The highest BCUT2D eigenvalue weighted by Gasteiger charge is 2.30. The molecule has 1 amide bonds. The van der Waals surface area contributed by atoms with Gasteiger partial charge in [0.1, 0.15) is 5.82 Å². The number of nitrogens with one attached hydrogen (secondary N) is 1. The number of rotatable bonds is 12. The number of likely N-dealkylation sites (tertiary alicyclic amines) is 2. The quantitative estimate of drug-likeness (QED) is 0.191. The van der Waals surface area contributed by atoms with Crippen molar-refractivity contribution in [2.24, 2.45) is 0 Å². The summed E-state index contributed by atoms with van der Waals surface area (Å²) < 4.78 is 0. The third-order valence-corrected chi connectivity index (χ3v) is 9.29. The molecule has 2 aliphatic heterocycles. The standard InChI is InChI=1S/C37H47N5O/c1-2-3-25-42(37(43)30-19-17-29(18-20-30)27-40-23-11-12-24-40)35(36-38-33-15-7-8-16-34(33)39-36)26-31-13-5-6-14-32(31)28-41-21-9-4-10-22-41/h5-8,13-20,35H,2-4,9-12,21-28H2,1H3,(H,38,39). The second-order valence-corrected chi connectivity index (χ2v) is 12.5. The summed E-state index contributed by atoms with van der Waals surface area (Å²) in [5.74, 6) is 0.948. The summed E-state index contributed by atoms with van der Waals surface area (Å²) in [4.78, 5) is 30.2. The van der Waals surface area contributed by atoms with Crippen LogP contribution in [0.1, 0.15) is 90.8 Å². The first-order valence-electron chi connectivity index (χ1n) is 16.5. The summed E-state index contributed by atoms with van der Waals surface area (Å²) >= 11 is 0. The van der Waals surface area contributed by atoms with E-state index in [1.54, 1.807) is 0 Å². The van der Waals surface area contributed by atoms with Gasteiger partial charge in [0, 0.05) is 31.6 Å². The Labute approximate surface area is 257 Å². The minimum absolute atomic E-state index is 0.0835. The third-order valence-electron chi connectivity index (χ3n) is 9.29. The van der Waals surface area contributed by atoms with Crippen LogP contribution in [-0.4, -0.2) is 63.3 Å². The number of aromatic amines is 1. The summed E-state index contributed by atoms with van der Waals surface area (Å²) in [6, 6.07) is 25.2. The van der Waals surface area contributed by atoms with Crippen LogP contribution in [0.15, 0.2) is 72.8 Å². The summed E-state index contributed by atoms with van der Waals surface area (Å²) in [7, 11) is 0. The SMILES string of the molecule is CCCCN(C(=O)c1ccc(CN2CCCC2)cc1)C(Cc1ccccc1CN1CCCCC1)c1nc2ccccc2[nH]1. The van der Waals surface area contributed by atoms with E-state index in [9.17, 15) is 4.79 Å². The van der Waals surface area contributed by atoms with Crippen molar-refractivity contribution in [2.75, 3.05) is 32.7 Å². The van der Waals surface area contributed by atoms with Gasteiger partial charge in [-0.3, -0.25) is 14.6 Å². The van der Waals surface area contributed by atoms with E-state index in [2.05, 4.69) is 69.1 Å². The van der Waals surface area contributed by atoms with Crippen LogP contribution >= 0.6 is 0 Å². The third kappa shape index (κ3) is 7.36. The summed E-state index contributed by atoms with van der Waals surface area (Å²) in [6.07, 6.45) is 9.16. The Morgan fingerprint density at radius 2 is 1.47 bits per heavy atom. The average Bonchev–Trinajstić information content (AvgIpc) is 3.72. The second kappa shape index (κ2) is 14.3. The molecule has 6 nitrogen and oxygen atoms in total. The molecule has 43 heavy (non-hydrogen) atoms. The normalized spacial score (nSPS) is 17.0. The number of fused-ring (bicyclic) bond motifs is 1. The Kier molecular flexibility index (Phi) is 9.86. The van der Waals surface area contributed by atoms with Gasteiger partial charge >= 0.3 is 0 Å². The Morgan fingerprint density at radius 3 is 2.19 bits per heavy atom. The highest BCUT2D eigenvalue weighted by Crippen LogP contribution is 2.30. The van der Waals surface area contributed by atoms with Crippen LogP contribution in [-0.2, 0) is 19.5 Å². The molecule has 0 radical (unpaired) electrons. The lowest BCUT2D eigenvalue weighted by molar-refractivity contribution is 0.0663. The molecular formula is C37H47N5O. The van der Waals surface area contributed by atoms with Crippen molar-refractivity contribution in [1.82, 2.24) is 24.7 Å². The molecule has 226 valence electrons. The molecule has 3 aromatic carbocycles. The number of hydrogen-bond acceptors (Lipinski definition) is 4. The number of aromatic nitrogens is 2. The molecule has 0 spiro atoms. The lowest BCUT2D eigenvalue weighted by atomic mass is 9.97. The van der Waals surface area contributed by atoms with Gasteiger partial charge in [0.15, 0.2) is 0 Å². The summed E-state index contributed by atoms with van der Waals surface area (Å²) in [5, 5.41) is 0. The van der Waals surface area contributed by atoms with Crippen LogP contribution in [0.4, 0.5) is 0 Å². The lowest BCUT2D eigenvalue weighted by Gasteiger charge is -2.32. The molecular weight excluding hydrogens is 530 g/mol. The molecule has 2 saturated heterocycles. The van der Waals surface area contributed by atoms with Gasteiger partial charge in [-0.15, -0.1) is 0 Å². The monoisotopic (exact) mass is 577 g/mol. The van der Waals surface area contributed by atoms with E-state index >= 15 is 0 Å². The summed E-state index contributed by atoms with van der Waals surface area (Å²) in [6.45, 7) is 9.48. The molecule has 1 aromatic heterocycles. The predicted molar refractivity (Wildman–Crippen MR) is 175 cm³/mol. The van der Waals surface area contributed by atoms with Crippen molar-refractivity contribution in [3.8, 4) is 0 Å². The van der Waals surface area contributed by atoms with Crippen LogP contribution in [0.2, 0.25) is 0 Å². The van der Waals surface area contributed by atoms with Crippen molar-refractivity contribution in [3.63, 3.8) is 0 Å². The number of hydrogen-bond donors (Lipinski definition) is 1. The Hall–Kier alpha value is -3.48. The number of piperidine rings is 1. The molecule has 6 heteroatoms. The van der Waals surface area contributed by atoms with Gasteiger partial charge in [-0.05, 0) is 99.2 Å².